The number of aromatic nitrogens is 1. The minimum atomic E-state index is 1.03. The molecule has 0 aliphatic carbocycles. The Morgan fingerprint density at radius 1 is 0.955 bits per heavy atom. The Hall–Kier alpha value is -2.61. The maximum atomic E-state index is 4.40. The van der Waals surface area contributed by atoms with Crippen LogP contribution in [0.4, 0.5) is 5.69 Å². The van der Waals surface area contributed by atoms with Crippen LogP contribution in [-0.4, -0.2) is 19.1 Å². The second-order valence-electron chi connectivity index (χ2n) is 5.69. The lowest BCUT2D eigenvalue weighted by atomic mass is 10.1. The Kier molecular flexibility index (Phi) is 3.92. The van der Waals surface area contributed by atoms with Crippen LogP contribution in [0.5, 0.6) is 0 Å². The molecule has 3 aromatic rings. The van der Waals surface area contributed by atoms with Gasteiger partial charge in [0.15, 0.2) is 0 Å². The van der Waals surface area contributed by atoms with Crippen molar-refractivity contribution in [2.75, 3.05) is 19.0 Å². The van der Waals surface area contributed by atoms with E-state index in [1.807, 2.05) is 18.3 Å². The summed E-state index contributed by atoms with van der Waals surface area (Å²) in [5.74, 6) is 0. The van der Waals surface area contributed by atoms with Crippen molar-refractivity contribution in [3.8, 4) is 0 Å². The van der Waals surface area contributed by atoms with Gasteiger partial charge in [0.1, 0.15) is 0 Å². The summed E-state index contributed by atoms with van der Waals surface area (Å²) in [7, 11) is 4.14. The van der Waals surface area contributed by atoms with E-state index in [4.69, 9.17) is 0 Å². The number of benzene rings is 2. The summed E-state index contributed by atoms with van der Waals surface area (Å²) in [5, 5.41) is 1.18. The van der Waals surface area contributed by atoms with Gasteiger partial charge in [0.25, 0.3) is 0 Å². The second kappa shape index (κ2) is 6.02. The Labute approximate surface area is 131 Å². The fourth-order valence-electron chi connectivity index (χ4n) is 2.73. The molecule has 2 heteroatoms. The largest absolute Gasteiger partial charge is 0.377 e. The molecule has 0 fully saturated rings. The summed E-state index contributed by atoms with van der Waals surface area (Å²) in [6.07, 6.45) is 6.19. The van der Waals surface area contributed by atoms with Gasteiger partial charge in [-0.3, -0.25) is 4.98 Å². The van der Waals surface area contributed by atoms with Gasteiger partial charge in [-0.25, -0.2) is 0 Å². The maximum Gasteiger partial charge on any atom is 0.0707 e. The van der Waals surface area contributed by atoms with E-state index in [1.165, 1.54) is 27.8 Å². The maximum absolute atomic E-state index is 4.40. The van der Waals surface area contributed by atoms with Crippen molar-refractivity contribution in [3.63, 3.8) is 0 Å². The van der Waals surface area contributed by atoms with Crippen molar-refractivity contribution in [1.82, 2.24) is 4.98 Å². The average Bonchev–Trinajstić information content (AvgIpc) is 2.52. The third kappa shape index (κ3) is 2.86. The molecule has 0 amide bonds. The smallest absolute Gasteiger partial charge is 0.0707 e. The highest BCUT2D eigenvalue weighted by Gasteiger charge is 2.01. The highest BCUT2D eigenvalue weighted by Crippen LogP contribution is 2.22. The first-order valence-corrected chi connectivity index (χ1v) is 7.45. The lowest BCUT2D eigenvalue weighted by molar-refractivity contribution is 1.11. The normalized spacial score (nSPS) is 11.2. The lowest BCUT2D eigenvalue weighted by Gasteiger charge is -2.15. The molecule has 1 aromatic heterocycles. The van der Waals surface area contributed by atoms with Gasteiger partial charge in [-0.05, 0) is 47.9 Å². The van der Waals surface area contributed by atoms with E-state index in [2.05, 4.69) is 79.5 Å². The highest BCUT2D eigenvalue weighted by atomic mass is 15.1. The summed E-state index contributed by atoms with van der Waals surface area (Å²) in [6, 6.07) is 16.8. The number of anilines is 1. The summed E-state index contributed by atoms with van der Waals surface area (Å²) in [6.45, 7) is 2.15. The zero-order valence-electron chi connectivity index (χ0n) is 13.2. The molecule has 0 unspecified atom stereocenters. The van der Waals surface area contributed by atoms with Crippen molar-refractivity contribution < 1.29 is 0 Å². The number of para-hydroxylation sites is 1. The van der Waals surface area contributed by atoms with Crippen LogP contribution in [0.15, 0.2) is 54.7 Å². The van der Waals surface area contributed by atoms with E-state index < -0.39 is 0 Å². The number of fused-ring (bicyclic) bond motifs is 1. The number of nitrogens with zero attached hydrogens (tertiary/aromatic N) is 2. The van der Waals surface area contributed by atoms with Gasteiger partial charge >= 0.3 is 0 Å². The first kappa shape index (κ1) is 14.3. The summed E-state index contributed by atoms with van der Waals surface area (Å²) < 4.78 is 0. The molecule has 0 saturated heterocycles. The van der Waals surface area contributed by atoms with Gasteiger partial charge in [-0.2, -0.15) is 0 Å². The van der Waals surface area contributed by atoms with E-state index in [-0.39, 0.29) is 0 Å². The fraction of sp³-hybridized carbons (Fsp3) is 0.150. The molecule has 3 rings (SSSR count). The van der Waals surface area contributed by atoms with Crippen molar-refractivity contribution in [2.24, 2.45) is 0 Å². The van der Waals surface area contributed by atoms with Crippen molar-refractivity contribution in [3.05, 3.63) is 71.4 Å². The zero-order chi connectivity index (χ0) is 15.5. The molecule has 2 aromatic carbocycles. The Bertz CT molecular complexity index is 827. The Morgan fingerprint density at radius 2 is 1.77 bits per heavy atom. The molecule has 0 atom stereocenters. The molecule has 0 radical (unpaired) electrons. The van der Waals surface area contributed by atoms with E-state index in [9.17, 15) is 0 Å². The van der Waals surface area contributed by atoms with Gasteiger partial charge in [-0.1, -0.05) is 36.4 Å². The Morgan fingerprint density at radius 3 is 2.55 bits per heavy atom. The molecule has 22 heavy (non-hydrogen) atoms. The quantitative estimate of drug-likeness (QED) is 0.689. The number of pyridine rings is 1. The van der Waals surface area contributed by atoms with Gasteiger partial charge in [0, 0.05) is 31.4 Å². The minimum absolute atomic E-state index is 1.03. The van der Waals surface area contributed by atoms with Crippen molar-refractivity contribution in [2.45, 2.75) is 6.92 Å². The van der Waals surface area contributed by atoms with E-state index in [0.29, 0.717) is 0 Å². The number of hydrogen-bond donors (Lipinski definition) is 0. The van der Waals surface area contributed by atoms with Crippen LogP contribution in [0.1, 0.15) is 16.7 Å². The van der Waals surface area contributed by atoms with Crippen molar-refractivity contribution >= 4 is 28.7 Å². The van der Waals surface area contributed by atoms with Crippen LogP contribution >= 0.6 is 0 Å². The van der Waals surface area contributed by atoms with Crippen LogP contribution in [0.25, 0.3) is 23.1 Å². The van der Waals surface area contributed by atoms with Crippen LogP contribution in [-0.2, 0) is 0 Å². The molecule has 110 valence electrons. The predicted octanol–water partition coefficient (Wildman–Crippen LogP) is 4.78. The van der Waals surface area contributed by atoms with Crippen LogP contribution in [0.3, 0.4) is 0 Å². The number of aryl methyl sites for hydroxylation is 1. The molecular formula is C20H20N2. The van der Waals surface area contributed by atoms with Gasteiger partial charge in [0.05, 0.1) is 5.52 Å². The molecule has 0 aliphatic rings. The number of rotatable bonds is 3. The summed E-state index contributed by atoms with van der Waals surface area (Å²) in [5.41, 5.74) is 5.98. The summed E-state index contributed by atoms with van der Waals surface area (Å²) >= 11 is 0. The SMILES string of the molecule is Cc1cc(/C=C\c2ccnc3ccccc23)ccc1N(C)C. The first-order valence-electron chi connectivity index (χ1n) is 7.45. The van der Waals surface area contributed by atoms with Crippen molar-refractivity contribution in [1.29, 1.82) is 0 Å². The zero-order valence-corrected chi connectivity index (χ0v) is 13.2. The van der Waals surface area contributed by atoms with E-state index in [1.54, 1.807) is 0 Å². The first-order chi connectivity index (χ1) is 10.6. The molecule has 0 N–H and O–H groups in total. The van der Waals surface area contributed by atoms with Gasteiger partial charge in [-0.15, -0.1) is 0 Å². The highest BCUT2D eigenvalue weighted by molar-refractivity contribution is 5.90. The third-order valence-corrected chi connectivity index (χ3v) is 3.84. The van der Waals surface area contributed by atoms with Crippen LogP contribution < -0.4 is 4.90 Å². The number of hydrogen-bond acceptors (Lipinski definition) is 2. The molecule has 0 saturated carbocycles. The predicted molar refractivity (Wildman–Crippen MR) is 96.2 cm³/mol. The molecule has 0 bridgehead atoms. The standard InChI is InChI=1S/C20H20N2/c1-15-14-16(9-11-20(15)22(2)3)8-10-17-12-13-21-19-7-5-4-6-18(17)19/h4-14H,1-3H3/b10-8-. The second-order valence-corrected chi connectivity index (χ2v) is 5.69. The van der Waals surface area contributed by atoms with E-state index in [0.717, 1.165) is 5.52 Å². The Balaban J connectivity index is 1.95. The van der Waals surface area contributed by atoms with Gasteiger partial charge < -0.3 is 4.90 Å². The molecule has 2 nitrogen and oxygen atoms in total. The molecular weight excluding hydrogens is 268 g/mol. The fourth-order valence-corrected chi connectivity index (χ4v) is 2.73. The third-order valence-electron chi connectivity index (χ3n) is 3.84. The van der Waals surface area contributed by atoms with E-state index >= 15 is 0 Å². The minimum Gasteiger partial charge on any atom is -0.377 e. The molecule has 1 heterocycles. The average molecular weight is 288 g/mol. The lowest BCUT2D eigenvalue weighted by Crippen LogP contribution is -2.09. The summed E-state index contributed by atoms with van der Waals surface area (Å²) in [4.78, 5) is 6.54. The molecule has 0 aliphatic heterocycles. The van der Waals surface area contributed by atoms with Crippen LogP contribution in [0.2, 0.25) is 0 Å². The topological polar surface area (TPSA) is 16.1 Å². The van der Waals surface area contributed by atoms with Crippen LogP contribution in [0, 0.1) is 6.92 Å². The molecule has 0 spiro atoms. The monoisotopic (exact) mass is 288 g/mol. The van der Waals surface area contributed by atoms with Gasteiger partial charge in [0.2, 0.25) is 0 Å².